The fraction of sp³-hybridized carbons (Fsp3) is 0.308. The molecule has 0 radical (unpaired) electrons. The van der Waals surface area contributed by atoms with E-state index >= 15 is 0 Å². The Bertz CT molecular complexity index is 1170. The number of piperidine rings is 2. The number of thioether (sulfide) groups is 1. The summed E-state index contributed by atoms with van der Waals surface area (Å²) in [5.74, 6) is -0.483. The molecule has 5 rings (SSSR count). The van der Waals surface area contributed by atoms with Crippen LogP contribution in [0.25, 0.3) is 0 Å². The van der Waals surface area contributed by atoms with Crippen molar-refractivity contribution in [1.29, 1.82) is 0 Å². The van der Waals surface area contributed by atoms with E-state index < -0.39 is 10.8 Å². The number of halogens is 1. The molecule has 34 heavy (non-hydrogen) atoms. The molecule has 2 aliphatic rings. The first kappa shape index (κ1) is 23.3. The molecular weight excluding hydrogens is 488 g/mol. The van der Waals surface area contributed by atoms with E-state index in [1.54, 1.807) is 17.4 Å². The lowest BCUT2D eigenvalue weighted by Gasteiger charge is -2.40. The second-order valence-corrected chi connectivity index (χ2v) is 11.1. The van der Waals surface area contributed by atoms with Crippen LogP contribution in [0.5, 0.6) is 5.75 Å². The summed E-state index contributed by atoms with van der Waals surface area (Å²) in [5.41, 5.74) is 2.06. The summed E-state index contributed by atoms with van der Waals surface area (Å²) >= 11 is 8.86. The molecule has 2 aliphatic heterocycles. The summed E-state index contributed by atoms with van der Waals surface area (Å²) in [6, 6.07) is 14.7. The highest BCUT2D eigenvalue weighted by Gasteiger charge is 2.47. The Kier molecular flexibility index (Phi) is 6.60. The molecule has 5 nitrogen and oxygen atoms in total. The second kappa shape index (κ2) is 9.64. The number of carbonyl (C=O) groups excluding carboxylic acids is 2. The van der Waals surface area contributed by atoms with Gasteiger partial charge < -0.3 is 15.3 Å². The van der Waals surface area contributed by atoms with E-state index in [0.29, 0.717) is 9.92 Å². The summed E-state index contributed by atoms with van der Waals surface area (Å²) in [6.07, 6.45) is 3.82. The van der Waals surface area contributed by atoms with Crippen LogP contribution in [0.4, 0.5) is 5.69 Å². The SMILES string of the molecule is O=C1CC(c2ccc(N3CCCCC3)cc2)(c2ccsc2)NC(=O)C1Sc1cc(O)ccc1Cl. The number of Topliss-reactive ketones (excluding diaryl/α,β-unsaturated/α-hetero) is 1. The number of carbonyl (C=O) groups is 2. The number of phenols is 1. The molecule has 1 aromatic heterocycles. The maximum absolute atomic E-state index is 13.4. The predicted octanol–water partition coefficient (Wildman–Crippen LogP) is 5.59. The first-order chi connectivity index (χ1) is 16.5. The van der Waals surface area contributed by atoms with Crippen molar-refractivity contribution in [3.63, 3.8) is 0 Å². The lowest BCUT2D eigenvalue weighted by Crippen LogP contribution is -2.57. The van der Waals surface area contributed by atoms with E-state index in [1.807, 2.05) is 29.0 Å². The fourth-order valence-corrected chi connectivity index (χ4v) is 6.77. The van der Waals surface area contributed by atoms with Gasteiger partial charge in [-0.25, -0.2) is 0 Å². The van der Waals surface area contributed by atoms with Crippen LogP contribution < -0.4 is 10.2 Å². The second-order valence-electron chi connectivity index (χ2n) is 8.76. The van der Waals surface area contributed by atoms with Gasteiger partial charge >= 0.3 is 0 Å². The summed E-state index contributed by atoms with van der Waals surface area (Å²) in [7, 11) is 0. The van der Waals surface area contributed by atoms with Crippen LogP contribution in [0.2, 0.25) is 5.02 Å². The van der Waals surface area contributed by atoms with E-state index in [1.165, 1.54) is 37.1 Å². The summed E-state index contributed by atoms with van der Waals surface area (Å²) in [5, 5.41) is 16.4. The maximum Gasteiger partial charge on any atom is 0.242 e. The molecule has 0 spiro atoms. The number of benzene rings is 2. The Labute approximate surface area is 212 Å². The molecule has 2 aromatic carbocycles. The van der Waals surface area contributed by atoms with Gasteiger partial charge in [0.15, 0.2) is 5.78 Å². The normalized spacial score (nSPS) is 23.1. The van der Waals surface area contributed by atoms with Crippen LogP contribution in [-0.4, -0.2) is 35.1 Å². The summed E-state index contributed by atoms with van der Waals surface area (Å²) in [4.78, 5) is 29.6. The van der Waals surface area contributed by atoms with E-state index in [0.717, 1.165) is 36.0 Å². The van der Waals surface area contributed by atoms with Gasteiger partial charge in [-0.05, 0) is 77.5 Å². The van der Waals surface area contributed by atoms with Gasteiger partial charge in [-0.3, -0.25) is 9.59 Å². The molecule has 8 heteroatoms. The van der Waals surface area contributed by atoms with Gasteiger partial charge in [0.05, 0.1) is 10.6 Å². The largest absolute Gasteiger partial charge is 0.508 e. The predicted molar refractivity (Wildman–Crippen MR) is 138 cm³/mol. The third-order valence-corrected chi connectivity index (χ3v) is 8.99. The molecule has 176 valence electrons. The lowest BCUT2D eigenvalue weighted by atomic mass is 9.77. The quantitative estimate of drug-likeness (QED) is 0.436. The van der Waals surface area contributed by atoms with Gasteiger partial charge in [0, 0.05) is 30.1 Å². The third kappa shape index (κ3) is 4.44. The highest BCUT2D eigenvalue weighted by molar-refractivity contribution is 8.01. The zero-order valence-electron chi connectivity index (χ0n) is 18.5. The minimum absolute atomic E-state index is 0.0389. The van der Waals surface area contributed by atoms with Crippen molar-refractivity contribution in [1.82, 2.24) is 5.32 Å². The van der Waals surface area contributed by atoms with Crippen molar-refractivity contribution >= 4 is 52.1 Å². The molecule has 3 aromatic rings. The molecule has 1 amide bonds. The topological polar surface area (TPSA) is 69.6 Å². The molecular formula is C26H25ClN2O3S2. The molecule has 2 saturated heterocycles. The van der Waals surface area contributed by atoms with Gasteiger partial charge in [-0.15, -0.1) is 11.8 Å². The molecule has 0 bridgehead atoms. The van der Waals surface area contributed by atoms with Crippen LogP contribution in [-0.2, 0) is 15.1 Å². The van der Waals surface area contributed by atoms with E-state index in [9.17, 15) is 14.7 Å². The Morgan fingerprint density at radius 3 is 2.47 bits per heavy atom. The number of rotatable bonds is 5. The van der Waals surface area contributed by atoms with Crippen LogP contribution in [0.3, 0.4) is 0 Å². The molecule has 0 aliphatic carbocycles. The molecule has 3 heterocycles. The fourth-order valence-electron chi connectivity index (χ4n) is 4.78. The highest BCUT2D eigenvalue weighted by Crippen LogP contribution is 2.42. The Morgan fingerprint density at radius 2 is 1.79 bits per heavy atom. The van der Waals surface area contributed by atoms with Crippen molar-refractivity contribution < 1.29 is 14.7 Å². The number of nitrogens with zero attached hydrogens (tertiary/aromatic N) is 1. The average Bonchev–Trinajstić information content (AvgIpc) is 3.40. The number of nitrogens with one attached hydrogen (secondary N) is 1. The number of phenolic OH excluding ortho intramolecular Hbond substituents is 1. The number of aromatic hydroxyl groups is 1. The summed E-state index contributed by atoms with van der Waals surface area (Å²) < 4.78 is 0. The molecule has 2 unspecified atom stereocenters. The van der Waals surface area contributed by atoms with Crippen molar-refractivity contribution in [3.05, 3.63) is 75.4 Å². The Balaban J connectivity index is 1.45. The number of thiophene rings is 1. The van der Waals surface area contributed by atoms with Crippen LogP contribution in [0.1, 0.15) is 36.8 Å². The highest BCUT2D eigenvalue weighted by atomic mass is 35.5. The molecule has 2 atom stereocenters. The van der Waals surface area contributed by atoms with Crippen LogP contribution in [0.15, 0.2) is 64.2 Å². The smallest absolute Gasteiger partial charge is 0.242 e. The van der Waals surface area contributed by atoms with Crippen molar-refractivity contribution in [2.75, 3.05) is 18.0 Å². The van der Waals surface area contributed by atoms with Crippen LogP contribution in [0, 0.1) is 0 Å². The number of amides is 1. The lowest BCUT2D eigenvalue weighted by molar-refractivity contribution is -0.132. The van der Waals surface area contributed by atoms with E-state index in [-0.39, 0.29) is 23.9 Å². The molecule has 2 fully saturated rings. The van der Waals surface area contributed by atoms with Gasteiger partial charge in [-0.2, -0.15) is 11.3 Å². The number of anilines is 1. The maximum atomic E-state index is 13.4. The number of hydrogen-bond donors (Lipinski definition) is 2. The van der Waals surface area contributed by atoms with Crippen LogP contribution >= 0.6 is 34.7 Å². The minimum atomic E-state index is -0.932. The van der Waals surface area contributed by atoms with Gasteiger partial charge in [-0.1, -0.05) is 23.7 Å². The zero-order valence-corrected chi connectivity index (χ0v) is 20.9. The number of hydrogen-bond acceptors (Lipinski definition) is 6. The third-order valence-electron chi connectivity index (χ3n) is 6.56. The Morgan fingerprint density at radius 1 is 1.03 bits per heavy atom. The average molecular weight is 513 g/mol. The Hall–Kier alpha value is -2.48. The molecule has 0 saturated carbocycles. The van der Waals surface area contributed by atoms with Gasteiger partial charge in [0.25, 0.3) is 0 Å². The van der Waals surface area contributed by atoms with Crippen molar-refractivity contribution in [3.8, 4) is 5.75 Å². The monoisotopic (exact) mass is 512 g/mol. The van der Waals surface area contributed by atoms with E-state index in [2.05, 4.69) is 22.3 Å². The van der Waals surface area contributed by atoms with E-state index in [4.69, 9.17) is 11.6 Å². The van der Waals surface area contributed by atoms with Crippen molar-refractivity contribution in [2.45, 2.75) is 41.4 Å². The standard InChI is InChI=1S/C26H25ClN2O3S2/c27-21-9-8-20(30)14-23(21)34-24-22(31)15-26(28-25(24)32,18-10-13-33-16-18)17-4-6-19(7-5-17)29-11-2-1-3-12-29/h4-10,13-14,16,24,30H,1-3,11-12,15H2,(H,28,32). The van der Waals surface area contributed by atoms with Gasteiger partial charge in [0.1, 0.15) is 11.0 Å². The first-order valence-corrected chi connectivity index (χ1v) is 13.5. The zero-order chi connectivity index (χ0) is 23.7. The number of ketones is 1. The summed E-state index contributed by atoms with van der Waals surface area (Å²) in [6.45, 7) is 2.11. The molecule has 2 N–H and O–H groups in total. The first-order valence-electron chi connectivity index (χ1n) is 11.3. The minimum Gasteiger partial charge on any atom is -0.508 e. The van der Waals surface area contributed by atoms with Gasteiger partial charge in [0.2, 0.25) is 5.91 Å². The van der Waals surface area contributed by atoms with Crippen molar-refractivity contribution in [2.24, 2.45) is 0 Å².